The maximum Gasteiger partial charge on any atom is 0.312 e. The molecule has 64 valence electrons. The third-order valence-corrected chi connectivity index (χ3v) is 3.31. The quantitative estimate of drug-likeness (QED) is 0.613. The Balaban J connectivity index is 2.72. The zero-order valence-corrected chi connectivity index (χ0v) is 7.23. The zero-order chi connectivity index (χ0) is 8.48. The Labute approximate surface area is 69.8 Å². The minimum absolute atomic E-state index is 0.544. The molecule has 0 saturated carbocycles. The smallest absolute Gasteiger partial charge is 0.312 e. The van der Waals surface area contributed by atoms with E-state index in [1.807, 2.05) is 0 Å². The van der Waals surface area contributed by atoms with Crippen molar-refractivity contribution in [3.8, 4) is 0 Å². The molecule has 1 saturated heterocycles. The Morgan fingerprint density at radius 1 is 1.73 bits per heavy atom. The standard InChI is InChI=1S/C7H12O3S/c1-7(6(9)10)2-3-11-4-5(7)8/h5,8H,2-4H2,1H3,(H,9,10). The number of carbonyl (C=O) groups is 1. The van der Waals surface area contributed by atoms with E-state index in [1.54, 1.807) is 18.7 Å². The normalized spacial score (nSPS) is 38.5. The molecule has 0 aromatic heterocycles. The largest absolute Gasteiger partial charge is 0.481 e. The molecule has 1 aliphatic rings. The average Bonchev–Trinajstić information content (AvgIpc) is 1.95. The van der Waals surface area contributed by atoms with Gasteiger partial charge in [0.15, 0.2) is 0 Å². The first kappa shape index (κ1) is 8.87. The van der Waals surface area contributed by atoms with Crippen LogP contribution in [0.1, 0.15) is 13.3 Å². The van der Waals surface area contributed by atoms with Crippen LogP contribution in [-0.2, 0) is 4.79 Å². The van der Waals surface area contributed by atoms with Crippen LogP contribution in [0.15, 0.2) is 0 Å². The molecule has 1 fully saturated rings. The number of aliphatic hydroxyl groups is 1. The van der Waals surface area contributed by atoms with Crippen LogP contribution < -0.4 is 0 Å². The monoisotopic (exact) mass is 176 g/mol. The first-order valence-corrected chi connectivity index (χ1v) is 4.72. The van der Waals surface area contributed by atoms with Crippen LogP contribution in [-0.4, -0.2) is 33.8 Å². The number of hydrogen-bond donors (Lipinski definition) is 2. The van der Waals surface area contributed by atoms with Crippen LogP contribution in [0.5, 0.6) is 0 Å². The van der Waals surface area contributed by atoms with Gasteiger partial charge >= 0.3 is 5.97 Å². The number of carboxylic acid groups (broad SMARTS) is 1. The van der Waals surface area contributed by atoms with Crippen LogP contribution >= 0.6 is 11.8 Å². The number of aliphatic carboxylic acids is 1. The summed E-state index contributed by atoms with van der Waals surface area (Å²) in [5.41, 5.74) is -0.911. The number of hydrogen-bond acceptors (Lipinski definition) is 3. The molecule has 1 heterocycles. The molecule has 0 amide bonds. The Kier molecular flexibility index (Phi) is 2.44. The highest BCUT2D eigenvalue weighted by molar-refractivity contribution is 7.99. The molecule has 2 N–H and O–H groups in total. The third kappa shape index (κ3) is 1.51. The fourth-order valence-corrected chi connectivity index (χ4v) is 2.41. The van der Waals surface area contributed by atoms with Crippen molar-refractivity contribution in [3.05, 3.63) is 0 Å². The van der Waals surface area contributed by atoms with Crippen LogP contribution in [0.25, 0.3) is 0 Å². The second-order valence-corrected chi connectivity index (χ2v) is 4.21. The van der Waals surface area contributed by atoms with Gasteiger partial charge in [0, 0.05) is 5.75 Å². The zero-order valence-electron chi connectivity index (χ0n) is 6.41. The first-order chi connectivity index (χ1) is 5.07. The summed E-state index contributed by atoms with van der Waals surface area (Å²) >= 11 is 1.61. The molecule has 2 atom stereocenters. The SMILES string of the molecule is CC1(C(=O)O)CCSCC1O. The molecule has 0 aliphatic carbocycles. The second-order valence-electron chi connectivity index (χ2n) is 3.06. The van der Waals surface area contributed by atoms with Crippen LogP contribution in [0, 0.1) is 5.41 Å². The summed E-state index contributed by atoms with van der Waals surface area (Å²) in [4.78, 5) is 10.7. The average molecular weight is 176 g/mol. The molecule has 0 bridgehead atoms. The van der Waals surface area contributed by atoms with Gasteiger partial charge in [0.05, 0.1) is 11.5 Å². The predicted molar refractivity (Wildman–Crippen MR) is 43.7 cm³/mol. The minimum Gasteiger partial charge on any atom is -0.481 e. The highest BCUT2D eigenvalue weighted by Gasteiger charge is 2.42. The number of rotatable bonds is 1. The minimum atomic E-state index is -0.911. The molecule has 0 radical (unpaired) electrons. The first-order valence-electron chi connectivity index (χ1n) is 3.56. The van der Waals surface area contributed by atoms with Crippen molar-refractivity contribution in [1.82, 2.24) is 0 Å². The van der Waals surface area contributed by atoms with Gasteiger partial charge in [0.25, 0.3) is 0 Å². The van der Waals surface area contributed by atoms with E-state index < -0.39 is 17.5 Å². The van der Waals surface area contributed by atoms with E-state index >= 15 is 0 Å². The molecule has 0 aromatic carbocycles. The molecule has 0 spiro atoms. The maximum atomic E-state index is 10.7. The van der Waals surface area contributed by atoms with Crippen molar-refractivity contribution in [3.63, 3.8) is 0 Å². The molecular weight excluding hydrogens is 164 g/mol. The summed E-state index contributed by atoms with van der Waals surface area (Å²) in [6.45, 7) is 1.61. The third-order valence-electron chi connectivity index (χ3n) is 2.27. The number of aliphatic hydroxyl groups excluding tert-OH is 1. The van der Waals surface area contributed by atoms with E-state index in [-0.39, 0.29) is 0 Å². The summed E-state index contributed by atoms with van der Waals surface area (Å²) in [7, 11) is 0. The molecular formula is C7H12O3S. The Morgan fingerprint density at radius 3 is 2.73 bits per heavy atom. The van der Waals surface area contributed by atoms with Gasteiger partial charge < -0.3 is 10.2 Å². The lowest BCUT2D eigenvalue weighted by Crippen LogP contribution is -2.44. The molecule has 11 heavy (non-hydrogen) atoms. The summed E-state index contributed by atoms with van der Waals surface area (Å²) in [5, 5.41) is 18.2. The lowest BCUT2D eigenvalue weighted by Gasteiger charge is -2.33. The van der Waals surface area contributed by atoms with E-state index in [4.69, 9.17) is 5.11 Å². The highest BCUT2D eigenvalue weighted by Crippen LogP contribution is 2.34. The summed E-state index contributed by atoms with van der Waals surface area (Å²) in [6, 6.07) is 0. The van der Waals surface area contributed by atoms with Gasteiger partial charge in [-0.1, -0.05) is 0 Å². The van der Waals surface area contributed by atoms with Crippen molar-refractivity contribution in [1.29, 1.82) is 0 Å². The fourth-order valence-electron chi connectivity index (χ4n) is 1.08. The van der Waals surface area contributed by atoms with Crippen molar-refractivity contribution in [2.45, 2.75) is 19.4 Å². The van der Waals surface area contributed by atoms with Crippen LogP contribution in [0.2, 0.25) is 0 Å². The fraction of sp³-hybridized carbons (Fsp3) is 0.857. The summed E-state index contributed by atoms with van der Waals surface area (Å²) < 4.78 is 0. The number of thioether (sulfide) groups is 1. The summed E-state index contributed by atoms with van der Waals surface area (Å²) in [5.74, 6) is 0.494. The lowest BCUT2D eigenvalue weighted by atomic mass is 9.82. The Hall–Kier alpha value is -0.220. The molecule has 0 aromatic rings. The van der Waals surface area contributed by atoms with Gasteiger partial charge in [-0.05, 0) is 19.1 Å². The van der Waals surface area contributed by atoms with Gasteiger partial charge in [-0.25, -0.2) is 0 Å². The van der Waals surface area contributed by atoms with Gasteiger partial charge in [-0.3, -0.25) is 4.79 Å². The van der Waals surface area contributed by atoms with E-state index in [1.165, 1.54) is 0 Å². The molecule has 3 nitrogen and oxygen atoms in total. The van der Waals surface area contributed by atoms with Crippen LogP contribution in [0.4, 0.5) is 0 Å². The lowest BCUT2D eigenvalue weighted by molar-refractivity contribution is -0.154. The van der Waals surface area contributed by atoms with Gasteiger partial charge in [0.1, 0.15) is 0 Å². The van der Waals surface area contributed by atoms with Crippen LogP contribution in [0.3, 0.4) is 0 Å². The number of carboxylic acids is 1. The molecule has 1 rings (SSSR count). The van der Waals surface area contributed by atoms with E-state index in [2.05, 4.69) is 0 Å². The summed E-state index contributed by atoms with van der Waals surface area (Å²) in [6.07, 6.45) is -0.132. The van der Waals surface area contributed by atoms with Gasteiger partial charge in [0.2, 0.25) is 0 Å². The van der Waals surface area contributed by atoms with E-state index in [0.29, 0.717) is 12.2 Å². The Bertz CT molecular complexity index is 171. The molecule has 1 aliphatic heterocycles. The van der Waals surface area contributed by atoms with E-state index in [0.717, 1.165) is 5.75 Å². The van der Waals surface area contributed by atoms with Crippen molar-refractivity contribution in [2.24, 2.45) is 5.41 Å². The van der Waals surface area contributed by atoms with Crippen molar-refractivity contribution in [2.75, 3.05) is 11.5 Å². The van der Waals surface area contributed by atoms with Gasteiger partial charge in [-0.15, -0.1) is 0 Å². The topological polar surface area (TPSA) is 57.5 Å². The van der Waals surface area contributed by atoms with E-state index in [9.17, 15) is 9.90 Å². The van der Waals surface area contributed by atoms with Crippen molar-refractivity contribution >= 4 is 17.7 Å². The van der Waals surface area contributed by atoms with Gasteiger partial charge in [-0.2, -0.15) is 11.8 Å². The molecule has 4 heteroatoms. The second kappa shape index (κ2) is 3.03. The maximum absolute atomic E-state index is 10.7. The molecule has 2 unspecified atom stereocenters. The van der Waals surface area contributed by atoms with Crippen molar-refractivity contribution < 1.29 is 15.0 Å². The predicted octanol–water partition coefficient (Wildman–Crippen LogP) is 0.575. The Morgan fingerprint density at radius 2 is 2.36 bits per heavy atom. The highest BCUT2D eigenvalue weighted by atomic mass is 32.2.